The number of rotatable bonds is 4. The van der Waals surface area contributed by atoms with E-state index in [-0.39, 0.29) is 17.9 Å². The van der Waals surface area contributed by atoms with E-state index in [0.29, 0.717) is 12.9 Å². The second-order valence-corrected chi connectivity index (χ2v) is 5.14. The standard InChI is InChI=1S/C16H19NO3/c1-12(2)8-9-15(19)17-14(11-20-16(17)10-18)13-6-4-3-5-7-13/h3-10,12,14,16H,11H2,1-2H3. The molecule has 1 amide bonds. The molecule has 1 aliphatic heterocycles. The van der Waals surface area contributed by atoms with E-state index in [4.69, 9.17) is 4.74 Å². The summed E-state index contributed by atoms with van der Waals surface area (Å²) in [6.45, 7) is 4.33. The largest absolute Gasteiger partial charge is 0.349 e. The van der Waals surface area contributed by atoms with Crippen molar-refractivity contribution in [3.05, 3.63) is 48.0 Å². The number of hydrogen-bond acceptors (Lipinski definition) is 3. The molecule has 4 nitrogen and oxygen atoms in total. The molecule has 0 radical (unpaired) electrons. The molecular weight excluding hydrogens is 254 g/mol. The van der Waals surface area contributed by atoms with Crippen LogP contribution in [0.5, 0.6) is 0 Å². The summed E-state index contributed by atoms with van der Waals surface area (Å²) in [4.78, 5) is 24.9. The molecule has 1 aromatic carbocycles. The van der Waals surface area contributed by atoms with Gasteiger partial charge in [-0.05, 0) is 17.6 Å². The van der Waals surface area contributed by atoms with Gasteiger partial charge in [0.05, 0.1) is 12.6 Å². The Kier molecular flexibility index (Phi) is 4.69. The molecule has 106 valence electrons. The van der Waals surface area contributed by atoms with Crippen molar-refractivity contribution in [3.8, 4) is 0 Å². The van der Waals surface area contributed by atoms with Crippen molar-refractivity contribution in [1.82, 2.24) is 4.90 Å². The zero-order chi connectivity index (χ0) is 14.5. The van der Waals surface area contributed by atoms with Gasteiger partial charge in [-0.1, -0.05) is 50.3 Å². The highest BCUT2D eigenvalue weighted by Crippen LogP contribution is 2.29. The minimum absolute atomic E-state index is 0.192. The first-order chi connectivity index (χ1) is 9.63. The van der Waals surface area contributed by atoms with Crippen LogP contribution in [0.1, 0.15) is 25.5 Å². The molecule has 1 saturated heterocycles. The van der Waals surface area contributed by atoms with Crippen LogP contribution in [0.15, 0.2) is 42.5 Å². The predicted molar refractivity (Wildman–Crippen MR) is 75.8 cm³/mol. The van der Waals surface area contributed by atoms with E-state index in [0.717, 1.165) is 5.56 Å². The highest BCUT2D eigenvalue weighted by molar-refractivity contribution is 5.90. The fourth-order valence-corrected chi connectivity index (χ4v) is 2.20. The van der Waals surface area contributed by atoms with E-state index in [2.05, 4.69) is 0 Å². The lowest BCUT2D eigenvalue weighted by Gasteiger charge is -2.24. The average Bonchev–Trinajstić information content (AvgIpc) is 2.89. The summed E-state index contributed by atoms with van der Waals surface area (Å²) >= 11 is 0. The summed E-state index contributed by atoms with van der Waals surface area (Å²) in [5.41, 5.74) is 0.975. The molecule has 1 aliphatic rings. The van der Waals surface area contributed by atoms with Gasteiger partial charge in [0.25, 0.3) is 0 Å². The van der Waals surface area contributed by atoms with Crippen LogP contribution in [0.2, 0.25) is 0 Å². The quantitative estimate of drug-likeness (QED) is 0.625. The van der Waals surface area contributed by atoms with E-state index in [9.17, 15) is 9.59 Å². The summed E-state index contributed by atoms with van der Waals surface area (Å²) in [6.07, 6.45) is 3.21. The molecule has 0 N–H and O–H groups in total. The number of hydrogen-bond donors (Lipinski definition) is 0. The molecule has 20 heavy (non-hydrogen) atoms. The fourth-order valence-electron chi connectivity index (χ4n) is 2.20. The number of benzene rings is 1. The highest BCUT2D eigenvalue weighted by Gasteiger charge is 2.37. The lowest BCUT2D eigenvalue weighted by atomic mass is 10.1. The summed E-state index contributed by atoms with van der Waals surface area (Å²) < 4.78 is 5.41. The first kappa shape index (κ1) is 14.5. The van der Waals surface area contributed by atoms with Crippen molar-refractivity contribution < 1.29 is 14.3 Å². The smallest absolute Gasteiger partial charge is 0.249 e. The Morgan fingerprint density at radius 3 is 2.65 bits per heavy atom. The van der Waals surface area contributed by atoms with Gasteiger partial charge in [0.2, 0.25) is 5.91 Å². The summed E-state index contributed by atoms with van der Waals surface area (Å²) in [6, 6.07) is 9.41. The van der Waals surface area contributed by atoms with Gasteiger partial charge in [-0.15, -0.1) is 0 Å². The first-order valence-corrected chi connectivity index (χ1v) is 6.76. The van der Waals surface area contributed by atoms with E-state index in [1.165, 1.54) is 11.0 Å². The van der Waals surface area contributed by atoms with Crippen molar-refractivity contribution in [2.75, 3.05) is 6.61 Å². The average molecular weight is 273 g/mol. The normalized spacial score (nSPS) is 22.6. The molecule has 2 rings (SSSR count). The maximum atomic E-state index is 12.3. The van der Waals surface area contributed by atoms with Gasteiger partial charge < -0.3 is 4.74 Å². The molecule has 1 aromatic rings. The van der Waals surface area contributed by atoms with Gasteiger partial charge in [-0.2, -0.15) is 0 Å². The second kappa shape index (κ2) is 6.48. The number of nitrogens with zero attached hydrogens (tertiary/aromatic N) is 1. The fraction of sp³-hybridized carbons (Fsp3) is 0.375. The van der Waals surface area contributed by atoms with Crippen LogP contribution < -0.4 is 0 Å². The summed E-state index contributed by atoms with van der Waals surface area (Å²) in [5.74, 6) is 0.0921. The topological polar surface area (TPSA) is 46.6 Å². The van der Waals surface area contributed by atoms with Crippen LogP contribution in [0.25, 0.3) is 0 Å². The number of carbonyl (C=O) groups excluding carboxylic acids is 2. The van der Waals surface area contributed by atoms with Gasteiger partial charge in [-0.3, -0.25) is 14.5 Å². The first-order valence-electron chi connectivity index (χ1n) is 6.76. The maximum Gasteiger partial charge on any atom is 0.249 e. The SMILES string of the molecule is CC(C)C=CC(=O)N1C(C=O)OCC1c1ccccc1. The van der Waals surface area contributed by atoms with Crippen molar-refractivity contribution in [1.29, 1.82) is 0 Å². The van der Waals surface area contributed by atoms with Gasteiger partial charge in [0.1, 0.15) is 0 Å². The zero-order valence-electron chi connectivity index (χ0n) is 11.7. The number of allylic oxidation sites excluding steroid dienone is 1. The molecule has 1 heterocycles. The Balaban J connectivity index is 2.24. The Hall–Kier alpha value is -1.94. The Morgan fingerprint density at radius 2 is 2.05 bits per heavy atom. The Bertz CT molecular complexity index is 496. The molecule has 4 heteroatoms. The number of carbonyl (C=O) groups is 2. The summed E-state index contributed by atoms with van der Waals surface area (Å²) in [5, 5.41) is 0. The van der Waals surface area contributed by atoms with E-state index in [1.54, 1.807) is 0 Å². The van der Waals surface area contributed by atoms with Gasteiger partial charge in [-0.25, -0.2) is 0 Å². The molecule has 1 fully saturated rings. The number of ether oxygens (including phenoxy) is 1. The molecule has 0 bridgehead atoms. The lowest BCUT2D eigenvalue weighted by molar-refractivity contribution is -0.138. The van der Waals surface area contributed by atoms with Gasteiger partial charge in [0.15, 0.2) is 12.5 Å². The minimum Gasteiger partial charge on any atom is -0.349 e. The van der Waals surface area contributed by atoms with Crippen LogP contribution >= 0.6 is 0 Å². The molecule has 0 saturated carbocycles. The Labute approximate surface area is 119 Å². The van der Waals surface area contributed by atoms with E-state index >= 15 is 0 Å². The molecule has 0 spiro atoms. The maximum absolute atomic E-state index is 12.3. The van der Waals surface area contributed by atoms with Crippen molar-refractivity contribution in [3.63, 3.8) is 0 Å². The third kappa shape index (κ3) is 3.14. The summed E-state index contributed by atoms with van der Waals surface area (Å²) in [7, 11) is 0. The van der Waals surface area contributed by atoms with Crippen molar-refractivity contribution >= 4 is 12.2 Å². The minimum atomic E-state index is -0.801. The van der Waals surface area contributed by atoms with E-state index in [1.807, 2.05) is 50.3 Å². The van der Waals surface area contributed by atoms with Crippen LogP contribution in [0, 0.1) is 5.92 Å². The van der Waals surface area contributed by atoms with Crippen molar-refractivity contribution in [2.24, 2.45) is 5.92 Å². The van der Waals surface area contributed by atoms with Crippen LogP contribution in [-0.2, 0) is 14.3 Å². The van der Waals surface area contributed by atoms with Gasteiger partial charge >= 0.3 is 0 Å². The number of aldehydes is 1. The van der Waals surface area contributed by atoms with Crippen LogP contribution in [0.4, 0.5) is 0 Å². The molecule has 0 aliphatic carbocycles. The Morgan fingerprint density at radius 1 is 1.35 bits per heavy atom. The predicted octanol–water partition coefficient (Wildman–Crippen LogP) is 2.32. The molecule has 2 unspecified atom stereocenters. The molecule has 0 aromatic heterocycles. The zero-order valence-corrected chi connectivity index (χ0v) is 11.7. The second-order valence-electron chi connectivity index (χ2n) is 5.14. The van der Waals surface area contributed by atoms with Crippen LogP contribution in [-0.4, -0.2) is 29.9 Å². The molecule has 2 atom stereocenters. The monoisotopic (exact) mass is 273 g/mol. The van der Waals surface area contributed by atoms with Gasteiger partial charge in [0, 0.05) is 0 Å². The third-order valence-electron chi connectivity index (χ3n) is 3.21. The number of amides is 1. The molecular formula is C16H19NO3. The highest BCUT2D eigenvalue weighted by atomic mass is 16.5. The van der Waals surface area contributed by atoms with Crippen LogP contribution in [0.3, 0.4) is 0 Å². The third-order valence-corrected chi connectivity index (χ3v) is 3.21. The van der Waals surface area contributed by atoms with E-state index < -0.39 is 6.23 Å². The van der Waals surface area contributed by atoms with Crippen molar-refractivity contribution in [2.45, 2.75) is 26.1 Å². The lowest BCUT2D eigenvalue weighted by Crippen LogP contribution is -2.37.